The first-order chi connectivity index (χ1) is 9.47. The zero-order valence-corrected chi connectivity index (χ0v) is 13.9. The van der Waals surface area contributed by atoms with Gasteiger partial charge in [0.05, 0.1) is 0 Å². The zero-order chi connectivity index (χ0) is 14.7. The smallest absolute Gasteiger partial charge is 0.140 e. The molecule has 0 heterocycles. The van der Waals surface area contributed by atoms with Crippen LogP contribution in [0.1, 0.15) is 18.6 Å². The van der Waals surface area contributed by atoms with Crippen LogP contribution in [0.4, 0.5) is 0 Å². The van der Waals surface area contributed by atoms with Gasteiger partial charge < -0.3 is 10.5 Å². The quantitative estimate of drug-likeness (QED) is 0.795. The van der Waals surface area contributed by atoms with Crippen molar-refractivity contribution < 1.29 is 4.74 Å². The van der Waals surface area contributed by atoms with Crippen LogP contribution in [-0.2, 0) is 0 Å². The highest BCUT2D eigenvalue weighted by Crippen LogP contribution is 2.32. The Morgan fingerprint density at radius 3 is 2.25 bits per heavy atom. The Labute approximate surface area is 137 Å². The normalized spacial score (nSPS) is 13.8. The summed E-state index contributed by atoms with van der Waals surface area (Å²) in [5.74, 6) is 0.598. The Bertz CT molecular complexity index is 584. The van der Waals surface area contributed by atoms with Crippen molar-refractivity contribution >= 4 is 39.1 Å². The number of hydrogen-bond acceptors (Lipinski definition) is 2. The maximum absolute atomic E-state index is 6.05. The van der Waals surface area contributed by atoms with Crippen LogP contribution in [0, 0.1) is 0 Å². The van der Waals surface area contributed by atoms with E-state index in [0.717, 1.165) is 10.0 Å². The topological polar surface area (TPSA) is 35.2 Å². The first kappa shape index (κ1) is 15.6. The van der Waals surface area contributed by atoms with Gasteiger partial charge in [-0.3, -0.25) is 0 Å². The zero-order valence-electron chi connectivity index (χ0n) is 10.8. The van der Waals surface area contributed by atoms with Crippen LogP contribution in [0.3, 0.4) is 0 Å². The van der Waals surface area contributed by atoms with Crippen LogP contribution in [0.2, 0.25) is 10.0 Å². The van der Waals surface area contributed by atoms with E-state index < -0.39 is 0 Å². The summed E-state index contributed by atoms with van der Waals surface area (Å²) in [6, 6.07) is 12.7. The first-order valence-corrected chi connectivity index (χ1v) is 7.65. The second kappa shape index (κ2) is 6.81. The standard InChI is InChI=1S/C15H14BrCl2NO/c1-9(19)15(13-4-2-3-5-14(13)16)20-12-7-10(17)6-11(18)8-12/h2-9,15H,19H2,1H3. The lowest BCUT2D eigenvalue weighted by Crippen LogP contribution is -2.29. The summed E-state index contributed by atoms with van der Waals surface area (Å²) in [6.07, 6.45) is -0.292. The Morgan fingerprint density at radius 1 is 1.10 bits per heavy atom. The monoisotopic (exact) mass is 373 g/mol. The molecule has 2 rings (SSSR count). The van der Waals surface area contributed by atoms with Gasteiger partial charge in [0.1, 0.15) is 11.9 Å². The van der Waals surface area contributed by atoms with Gasteiger partial charge in [-0.2, -0.15) is 0 Å². The van der Waals surface area contributed by atoms with Crippen molar-refractivity contribution in [2.24, 2.45) is 5.73 Å². The van der Waals surface area contributed by atoms with Gasteiger partial charge in [0.25, 0.3) is 0 Å². The van der Waals surface area contributed by atoms with Gasteiger partial charge >= 0.3 is 0 Å². The van der Waals surface area contributed by atoms with E-state index in [9.17, 15) is 0 Å². The Kier molecular flexibility index (Phi) is 5.33. The van der Waals surface area contributed by atoms with E-state index in [4.69, 9.17) is 33.7 Å². The van der Waals surface area contributed by atoms with Crippen molar-refractivity contribution in [3.63, 3.8) is 0 Å². The van der Waals surface area contributed by atoms with E-state index in [1.54, 1.807) is 18.2 Å². The Hall–Kier alpha value is -0.740. The lowest BCUT2D eigenvalue weighted by Gasteiger charge is -2.24. The Balaban J connectivity index is 2.33. The molecule has 0 fully saturated rings. The largest absolute Gasteiger partial charge is 0.484 e. The molecule has 20 heavy (non-hydrogen) atoms. The van der Waals surface area contributed by atoms with E-state index in [2.05, 4.69) is 15.9 Å². The second-order valence-electron chi connectivity index (χ2n) is 4.52. The number of nitrogens with two attached hydrogens (primary N) is 1. The third-order valence-corrected chi connectivity index (χ3v) is 3.95. The molecule has 2 unspecified atom stereocenters. The molecule has 0 saturated carbocycles. The summed E-state index contributed by atoms with van der Waals surface area (Å²) in [5, 5.41) is 1.06. The van der Waals surface area contributed by atoms with Crippen molar-refractivity contribution in [3.05, 3.63) is 62.5 Å². The molecule has 0 aliphatic heterocycles. The van der Waals surface area contributed by atoms with Crippen LogP contribution >= 0.6 is 39.1 Å². The summed E-state index contributed by atoms with van der Waals surface area (Å²) >= 11 is 15.5. The van der Waals surface area contributed by atoms with E-state index in [0.29, 0.717) is 15.8 Å². The SMILES string of the molecule is CC(N)C(Oc1cc(Cl)cc(Cl)c1)c1ccccc1Br. The molecular weight excluding hydrogens is 361 g/mol. The molecule has 0 aromatic heterocycles. The molecule has 0 amide bonds. The molecule has 2 nitrogen and oxygen atoms in total. The predicted octanol–water partition coefficient (Wildman–Crippen LogP) is 5.22. The van der Waals surface area contributed by atoms with E-state index in [1.165, 1.54) is 0 Å². The number of rotatable bonds is 4. The van der Waals surface area contributed by atoms with Gasteiger partial charge in [-0.25, -0.2) is 0 Å². The lowest BCUT2D eigenvalue weighted by atomic mass is 10.0. The molecule has 2 aromatic carbocycles. The van der Waals surface area contributed by atoms with Crippen molar-refractivity contribution in [2.75, 3.05) is 0 Å². The molecule has 0 aliphatic rings. The van der Waals surface area contributed by atoms with Crippen molar-refractivity contribution in [1.29, 1.82) is 0 Å². The van der Waals surface area contributed by atoms with E-state index in [-0.39, 0.29) is 12.1 Å². The molecule has 0 spiro atoms. The number of hydrogen-bond donors (Lipinski definition) is 1. The fraction of sp³-hybridized carbons (Fsp3) is 0.200. The molecule has 2 aromatic rings. The van der Waals surface area contributed by atoms with Crippen LogP contribution in [-0.4, -0.2) is 6.04 Å². The van der Waals surface area contributed by atoms with E-state index in [1.807, 2.05) is 31.2 Å². The van der Waals surface area contributed by atoms with Gasteiger partial charge in [-0.15, -0.1) is 0 Å². The maximum atomic E-state index is 6.05. The Morgan fingerprint density at radius 2 is 1.70 bits per heavy atom. The highest BCUT2D eigenvalue weighted by Gasteiger charge is 2.20. The third kappa shape index (κ3) is 3.89. The molecule has 0 aliphatic carbocycles. The summed E-state index contributed by atoms with van der Waals surface area (Å²) in [4.78, 5) is 0. The van der Waals surface area contributed by atoms with Crippen LogP contribution in [0.15, 0.2) is 46.9 Å². The summed E-state index contributed by atoms with van der Waals surface area (Å²) in [6.45, 7) is 1.90. The fourth-order valence-corrected chi connectivity index (χ4v) is 2.92. The summed E-state index contributed by atoms with van der Waals surface area (Å²) in [7, 11) is 0. The minimum absolute atomic E-state index is 0.188. The number of halogens is 3. The molecule has 0 radical (unpaired) electrons. The first-order valence-electron chi connectivity index (χ1n) is 6.10. The minimum atomic E-state index is -0.292. The second-order valence-corrected chi connectivity index (χ2v) is 6.25. The fourth-order valence-electron chi connectivity index (χ4n) is 1.90. The summed E-state index contributed by atoms with van der Waals surface area (Å²) in [5.41, 5.74) is 7.03. The van der Waals surface area contributed by atoms with E-state index >= 15 is 0 Å². The van der Waals surface area contributed by atoms with Crippen molar-refractivity contribution in [2.45, 2.75) is 19.1 Å². The highest BCUT2D eigenvalue weighted by atomic mass is 79.9. The van der Waals surface area contributed by atoms with Crippen LogP contribution in [0.5, 0.6) is 5.75 Å². The lowest BCUT2D eigenvalue weighted by molar-refractivity contribution is 0.180. The molecular formula is C15H14BrCl2NO. The van der Waals surface area contributed by atoms with Gasteiger partial charge in [0.2, 0.25) is 0 Å². The molecule has 106 valence electrons. The molecule has 5 heteroatoms. The van der Waals surface area contributed by atoms with Gasteiger partial charge in [0.15, 0.2) is 0 Å². The van der Waals surface area contributed by atoms with Crippen molar-refractivity contribution in [1.82, 2.24) is 0 Å². The minimum Gasteiger partial charge on any atom is -0.484 e. The maximum Gasteiger partial charge on any atom is 0.140 e. The summed E-state index contributed by atoms with van der Waals surface area (Å²) < 4.78 is 6.93. The van der Waals surface area contributed by atoms with Crippen LogP contribution < -0.4 is 10.5 Å². The van der Waals surface area contributed by atoms with Crippen LogP contribution in [0.25, 0.3) is 0 Å². The molecule has 2 atom stereocenters. The molecule has 2 N–H and O–H groups in total. The average Bonchev–Trinajstić information content (AvgIpc) is 2.35. The van der Waals surface area contributed by atoms with Crippen molar-refractivity contribution in [3.8, 4) is 5.75 Å². The van der Waals surface area contributed by atoms with Gasteiger partial charge in [0, 0.05) is 26.1 Å². The number of ether oxygens (including phenoxy) is 1. The predicted molar refractivity (Wildman–Crippen MR) is 87.6 cm³/mol. The van der Waals surface area contributed by atoms with Gasteiger partial charge in [-0.05, 0) is 31.2 Å². The molecule has 0 bridgehead atoms. The third-order valence-electron chi connectivity index (χ3n) is 2.79. The number of benzene rings is 2. The highest BCUT2D eigenvalue weighted by molar-refractivity contribution is 9.10. The average molecular weight is 375 g/mol. The molecule has 0 saturated heterocycles. The van der Waals surface area contributed by atoms with Gasteiger partial charge in [-0.1, -0.05) is 57.3 Å².